The summed E-state index contributed by atoms with van der Waals surface area (Å²) in [5, 5.41) is 49.7. The van der Waals surface area contributed by atoms with E-state index in [9.17, 15) is 25.2 Å². The summed E-state index contributed by atoms with van der Waals surface area (Å²) in [7, 11) is 4.09. The lowest BCUT2D eigenvalue weighted by Crippen LogP contribution is -2.29. The number of aromatic hydroxyl groups is 2. The van der Waals surface area contributed by atoms with Gasteiger partial charge >= 0.3 is 0 Å². The predicted molar refractivity (Wildman–Crippen MR) is 137 cm³/mol. The Kier molecular flexibility index (Phi) is 8.00. The van der Waals surface area contributed by atoms with Crippen molar-refractivity contribution >= 4 is 11.0 Å². The molecule has 0 aliphatic rings. The number of hydrogen-bond donors (Lipinski definition) is 5. The Morgan fingerprint density at radius 3 is 2.13 bits per heavy atom. The summed E-state index contributed by atoms with van der Waals surface area (Å²) < 4.78 is 27.8. The molecule has 0 amide bonds. The summed E-state index contributed by atoms with van der Waals surface area (Å²) in [6.07, 6.45) is -2.53. The molecule has 0 aliphatic carbocycles. The minimum absolute atomic E-state index is 0.0457. The third-order valence-corrected chi connectivity index (χ3v) is 5.98. The van der Waals surface area contributed by atoms with Gasteiger partial charge in [0.2, 0.25) is 5.75 Å². The molecule has 0 saturated carbocycles. The summed E-state index contributed by atoms with van der Waals surface area (Å²) in [6.45, 7) is -0.600. The molecule has 206 valence electrons. The molecule has 1 heterocycles. The first kappa shape index (κ1) is 27.4. The van der Waals surface area contributed by atoms with E-state index in [0.717, 1.165) is 12.1 Å². The molecule has 1 aromatic heterocycles. The van der Waals surface area contributed by atoms with Crippen molar-refractivity contribution in [1.82, 2.24) is 0 Å². The van der Waals surface area contributed by atoms with Gasteiger partial charge in [-0.3, -0.25) is 4.79 Å². The van der Waals surface area contributed by atoms with Gasteiger partial charge in [-0.15, -0.1) is 0 Å². The first-order chi connectivity index (χ1) is 18.7. The van der Waals surface area contributed by atoms with Crippen LogP contribution in [-0.4, -0.2) is 59.7 Å². The van der Waals surface area contributed by atoms with Crippen molar-refractivity contribution in [3.05, 3.63) is 64.3 Å². The van der Waals surface area contributed by atoms with E-state index in [1.807, 2.05) is 0 Å². The molecule has 5 N–H and O–H groups in total. The van der Waals surface area contributed by atoms with Crippen molar-refractivity contribution < 1.29 is 53.9 Å². The standard InChI is InChI=1S/C27H26O12/c1-34-20-6-13(4-5-16(20)29)26(32)24(12-28)38-27-22(35-2)7-14(8-23(27)36-3)19-11-18(31)25-17(30)9-15(39-33)10-21(25)37-19/h4-11,24,26,28-30,32-33H,12H2,1-3H3. The van der Waals surface area contributed by atoms with E-state index in [4.69, 9.17) is 28.6 Å². The number of aliphatic hydroxyl groups excluding tert-OH is 2. The summed E-state index contributed by atoms with van der Waals surface area (Å²) in [6, 6.07) is 10.6. The van der Waals surface area contributed by atoms with Crippen LogP contribution >= 0.6 is 0 Å². The third kappa shape index (κ3) is 5.34. The maximum Gasteiger partial charge on any atom is 0.204 e. The minimum Gasteiger partial charge on any atom is -0.507 e. The number of aliphatic hydroxyl groups is 2. The molecule has 4 rings (SSSR count). The van der Waals surface area contributed by atoms with Gasteiger partial charge in [0.1, 0.15) is 28.6 Å². The molecular formula is C27H26O12. The molecule has 0 aliphatic heterocycles. The second-order valence-electron chi connectivity index (χ2n) is 8.31. The lowest BCUT2D eigenvalue weighted by molar-refractivity contribution is -0.137. The molecule has 0 spiro atoms. The summed E-state index contributed by atoms with van der Waals surface area (Å²) >= 11 is 0. The van der Waals surface area contributed by atoms with Crippen LogP contribution in [0.2, 0.25) is 0 Å². The highest BCUT2D eigenvalue weighted by molar-refractivity contribution is 5.86. The van der Waals surface area contributed by atoms with Gasteiger partial charge < -0.3 is 48.7 Å². The van der Waals surface area contributed by atoms with Gasteiger partial charge in [0.15, 0.2) is 40.3 Å². The fourth-order valence-electron chi connectivity index (χ4n) is 4.02. The largest absolute Gasteiger partial charge is 0.507 e. The summed E-state index contributed by atoms with van der Waals surface area (Å²) in [4.78, 5) is 16.9. The van der Waals surface area contributed by atoms with Crippen LogP contribution in [0.15, 0.2) is 57.7 Å². The molecule has 0 bridgehead atoms. The second kappa shape index (κ2) is 11.4. The van der Waals surface area contributed by atoms with Crippen LogP contribution in [0, 0.1) is 0 Å². The van der Waals surface area contributed by atoms with Crippen molar-refractivity contribution in [3.63, 3.8) is 0 Å². The average molecular weight is 542 g/mol. The average Bonchev–Trinajstić information content (AvgIpc) is 2.94. The Balaban J connectivity index is 1.75. The van der Waals surface area contributed by atoms with E-state index in [1.165, 1.54) is 57.7 Å². The molecule has 4 aromatic rings. The van der Waals surface area contributed by atoms with Crippen LogP contribution in [0.4, 0.5) is 0 Å². The normalized spacial score (nSPS) is 12.6. The van der Waals surface area contributed by atoms with Gasteiger partial charge in [0.25, 0.3) is 0 Å². The molecule has 0 radical (unpaired) electrons. The smallest absolute Gasteiger partial charge is 0.204 e. The van der Waals surface area contributed by atoms with E-state index < -0.39 is 30.0 Å². The van der Waals surface area contributed by atoms with Gasteiger partial charge in [-0.05, 0) is 29.8 Å². The fourth-order valence-corrected chi connectivity index (χ4v) is 4.02. The van der Waals surface area contributed by atoms with Crippen molar-refractivity contribution in [2.45, 2.75) is 12.2 Å². The molecule has 2 atom stereocenters. The van der Waals surface area contributed by atoms with Crippen LogP contribution < -0.4 is 29.3 Å². The number of phenolic OH excluding ortho intramolecular Hbond substituents is 2. The zero-order valence-corrected chi connectivity index (χ0v) is 21.1. The summed E-state index contributed by atoms with van der Waals surface area (Å²) in [5.41, 5.74) is 0.0341. The molecule has 12 nitrogen and oxygen atoms in total. The van der Waals surface area contributed by atoms with E-state index in [-0.39, 0.29) is 51.2 Å². The first-order valence-electron chi connectivity index (χ1n) is 11.5. The number of rotatable bonds is 10. The van der Waals surface area contributed by atoms with Crippen LogP contribution in [0.5, 0.6) is 40.2 Å². The van der Waals surface area contributed by atoms with Gasteiger partial charge in [0.05, 0.1) is 27.9 Å². The van der Waals surface area contributed by atoms with Crippen molar-refractivity contribution in [3.8, 4) is 51.6 Å². The van der Waals surface area contributed by atoms with E-state index >= 15 is 0 Å². The minimum atomic E-state index is -1.34. The van der Waals surface area contributed by atoms with Gasteiger partial charge in [-0.2, -0.15) is 0 Å². The molecule has 0 fully saturated rings. The third-order valence-electron chi connectivity index (χ3n) is 5.98. The fraction of sp³-hybridized carbons (Fsp3) is 0.222. The quantitative estimate of drug-likeness (QED) is 0.146. The highest BCUT2D eigenvalue weighted by Gasteiger charge is 2.27. The Morgan fingerprint density at radius 1 is 0.872 bits per heavy atom. The van der Waals surface area contributed by atoms with E-state index in [1.54, 1.807) is 0 Å². The van der Waals surface area contributed by atoms with Crippen molar-refractivity contribution in [2.24, 2.45) is 0 Å². The highest BCUT2D eigenvalue weighted by Crippen LogP contribution is 2.43. The topological polar surface area (TPSA) is 178 Å². The number of fused-ring (bicyclic) bond motifs is 1. The number of benzene rings is 3. The van der Waals surface area contributed by atoms with Crippen LogP contribution in [-0.2, 0) is 0 Å². The summed E-state index contributed by atoms with van der Waals surface area (Å²) in [5.74, 6) is -0.207. The Labute approximate surface area is 221 Å². The van der Waals surface area contributed by atoms with Gasteiger partial charge in [0, 0.05) is 23.8 Å². The number of phenols is 2. The van der Waals surface area contributed by atoms with Crippen molar-refractivity contribution in [1.29, 1.82) is 0 Å². The second-order valence-corrected chi connectivity index (χ2v) is 8.31. The van der Waals surface area contributed by atoms with Crippen LogP contribution in [0.25, 0.3) is 22.3 Å². The van der Waals surface area contributed by atoms with Crippen molar-refractivity contribution in [2.75, 3.05) is 27.9 Å². The molecule has 39 heavy (non-hydrogen) atoms. The molecular weight excluding hydrogens is 516 g/mol. The lowest BCUT2D eigenvalue weighted by Gasteiger charge is -2.25. The van der Waals surface area contributed by atoms with Crippen LogP contribution in [0.3, 0.4) is 0 Å². The number of ether oxygens (including phenoxy) is 4. The molecule has 0 saturated heterocycles. The predicted octanol–water partition coefficient (Wildman–Crippen LogP) is 3.22. The molecule has 3 aromatic carbocycles. The Morgan fingerprint density at radius 2 is 1.54 bits per heavy atom. The lowest BCUT2D eigenvalue weighted by atomic mass is 10.0. The van der Waals surface area contributed by atoms with Gasteiger partial charge in [-0.25, -0.2) is 5.26 Å². The maximum absolute atomic E-state index is 12.7. The first-order valence-corrected chi connectivity index (χ1v) is 11.5. The monoisotopic (exact) mass is 542 g/mol. The maximum atomic E-state index is 12.7. The van der Waals surface area contributed by atoms with E-state index in [2.05, 4.69) is 4.89 Å². The molecule has 12 heteroatoms. The number of methoxy groups -OCH3 is 3. The SMILES string of the molecule is COc1cc(C(O)C(CO)Oc2c(OC)cc(-c3cc(=O)c4c(O)cc(OO)cc4o3)cc2OC)ccc1O. The van der Waals surface area contributed by atoms with Crippen LogP contribution in [0.1, 0.15) is 11.7 Å². The zero-order chi connectivity index (χ0) is 28.3. The zero-order valence-electron chi connectivity index (χ0n) is 21.1. The van der Waals surface area contributed by atoms with Gasteiger partial charge in [-0.1, -0.05) is 6.07 Å². The molecule has 2 unspecified atom stereocenters. The Bertz CT molecular complexity index is 1520. The Hall–Kier alpha value is -4.65. The number of hydrogen-bond acceptors (Lipinski definition) is 12. The highest BCUT2D eigenvalue weighted by atomic mass is 17.1. The van der Waals surface area contributed by atoms with E-state index in [0.29, 0.717) is 11.1 Å².